The summed E-state index contributed by atoms with van der Waals surface area (Å²) in [6.07, 6.45) is 1.93. The van der Waals surface area contributed by atoms with Crippen molar-refractivity contribution in [2.24, 2.45) is 0 Å². The van der Waals surface area contributed by atoms with E-state index in [9.17, 15) is 0 Å². The van der Waals surface area contributed by atoms with Crippen LogP contribution in [0.5, 0.6) is 11.5 Å². The lowest BCUT2D eigenvalue weighted by molar-refractivity contribution is 0.483. The molecule has 2 aromatic heterocycles. The van der Waals surface area contributed by atoms with Crippen LogP contribution in [0.15, 0.2) is 168 Å². The number of anilines is 7. The van der Waals surface area contributed by atoms with E-state index < -0.39 is 0 Å². The lowest BCUT2D eigenvalue weighted by Gasteiger charge is -2.52. The molecule has 9 aromatic rings. The summed E-state index contributed by atoms with van der Waals surface area (Å²) in [5.74, 6) is 2.46. The van der Waals surface area contributed by atoms with Gasteiger partial charge in [-0.1, -0.05) is 121 Å². The Labute approximate surface area is 384 Å². The number of benzene rings is 7. The van der Waals surface area contributed by atoms with Crippen LogP contribution in [0.4, 0.5) is 39.8 Å². The fraction of sp³-hybridized carbons (Fsp3) is 0.190. The second kappa shape index (κ2) is 13.3. The molecule has 0 atom stereocenters. The third-order valence-electron chi connectivity index (χ3n) is 14.6. The Morgan fingerprint density at radius 1 is 0.538 bits per heavy atom. The summed E-state index contributed by atoms with van der Waals surface area (Å²) in [7, 11) is 0. The van der Waals surface area contributed by atoms with Crippen LogP contribution in [0, 0.1) is 0 Å². The SMILES string of the molecule is CC(C)(C)c1ccnc(-n2c3ccccc3c3ccc(Oc4cccc(N5CN(c6cc7c8c(c6)C(C)(C)c6cccc9c6N8c6c(cccc6C7(C)C)S9)c6ccccc65)c4)cc32)c1. The van der Waals surface area contributed by atoms with Crippen molar-refractivity contribution in [3.8, 4) is 17.3 Å². The second-order valence-electron chi connectivity index (χ2n) is 20.2. The highest BCUT2D eigenvalue weighted by Gasteiger charge is 2.49. The molecule has 0 bridgehead atoms. The van der Waals surface area contributed by atoms with Crippen LogP contribution in [0.1, 0.15) is 76.3 Å². The number of rotatable bonds is 5. The van der Waals surface area contributed by atoms with Crippen LogP contribution in [0.2, 0.25) is 0 Å². The number of pyridine rings is 1. The minimum atomic E-state index is -0.211. The molecule has 0 N–H and O–H groups in total. The molecule has 0 radical (unpaired) electrons. The van der Waals surface area contributed by atoms with E-state index in [1.807, 2.05) is 18.0 Å². The highest BCUT2D eigenvalue weighted by atomic mass is 32.2. The Morgan fingerprint density at radius 3 is 1.85 bits per heavy atom. The van der Waals surface area contributed by atoms with Crippen molar-refractivity contribution in [1.29, 1.82) is 0 Å². The Morgan fingerprint density at radius 2 is 1.15 bits per heavy atom. The second-order valence-corrected chi connectivity index (χ2v) is 21.2. The quantitative estimate of drug-likeness (QED) is 0.172. The van der Waals surface area contributed by atoms with Crippen molar-refractivity contribution in [3.63, 3.8) is 0 Å². The highest BCUT2D eigenvalue weighted by molar-refractivity contribution is 7.99. The highest BCUT2D eigenvalue weighted by Crippen LogP contribution is 2.67. The minimum Gasteiger partial charge on any atom is -0.457 e. The van der Waals surface area contributed by atoms with Gasteiger partial charge in [0, 0.05) is 61.1 Å². The Bertz CT molecular complexity index is 3420. The predicted molar refractivity (Wildman–Crippen MR) is 269 cm³/mol. The summed E-state index contributed by atoms with van der Waals surface area (Å²) >= 11 is 1.92. The van der Waals surface area contributed by atoms with Gasteiger partial charge >= 0.3 is 0 Å². The number of para-hydroxylation sites is 5. The number of hydrogen-bond acceptors (Lipinski definition) is 6. The van der Waals surface area contributed by atoms with Crippen LogP contribution in [0.3, 0.4) is 0 Å². The number of ether oxygens (including phenoxy) is 1. The van der Waals surface area contributed by atoms with E-state index in [-0.39, 0.29) is 16.2 Å². The zero-order chi connectivity index (χ0) is 44.1. The fourth-order valence-electron chi connectivity index (χ4n) is 11.2. The third kappa shape index (κ3) is 5.45. The van der Waals surface area contributed by atoms with Gasteiger partial charge in [0.1, 0.15) is 24.0 Å². The molecule has 0 saturated carbocycles. The largest absolute Gasteiger partial charge is 0.457 e. The van der Waals surface area contributed by atoms with Crippen molar-refractivity contribution in [2.45, 2.75) is 74.5 Å². The maximum atomic E-state index is 6.80. The van der Waals surface area contributed by atoms with Gasteiger partial charge in [0.15, 0.2) is 0 Å². The zero-order valence-corrected chi connectivity index (χ0v) is 38.6. The lowest BCUT2D eigenvalue weighted by Crippen LogP contribution is -2.40. The third-order valence-corrected chi connectivity index (χ3v) is 15.7. The van der Waals surface area contributed by atoms with Crippen molar-refractivity contribution in [1.82, 2.24) is 9.55 Å². The standard InChI is InChI=1S/C58H49N5OS/c1-56(2,3)35-27-28-59-52(29-35)62-46-20-9-8-17-40(46)41-26-25-39(33-49(41)62)64-38-16-12-15-36(30-38)60-34-61(48-22-11-10-21-47(48)60)37-31-44-53-45(32-37)58(6,7)43-19-14-24-51-55(43)63(53)54-42(57(44,4)5)18-13-23-50(54)65-51/h8-33H,34H2,1-7H3. The normalized spacial score (nSPS) is 16.0. The monoisotopic (exact) mass is 863 g/mol. The summed E-state index contributed by atoms with van der Waals surface area (Å²) in [4.78, 5) is 15.1. The van der Waals surface area contributed by atoms with Gasteiger partial charge in [0.2, 0.25) is 0 Å². The van der Waals surface area contributed by atoms with E-state index in [1.165, 1.54) is 82.5 Å². The molecule has 318 valence electrons. The summed E-state index contributed by atoms with van der Waals surface area (Å²) in [6.45, 7) is 17.1. The van der Waals surface area contributed by atoms with Crippen molar-refractivity contribution in [2.75, 3.05) is 21.4 Å². The molecule has 7 aromatic carbocycles. The van der Waals surface area contributed by atoms with Crippen LogP contribution in [-0.4, -0.2) is 16.2 Å². The van der Waals surface area contributed by atoms with Gasteiger partial charge in [0.05, 0.1) is 39.5 Å². The maximum Gasteiger partial charge on any atom is 0.137 e. The van der Waals surface area contributed by atoms with Crippen molar-refractivity contribution >= 4 is 73.4 Å². The summed E-state index contributed by atoms with van der Waals surface area (Å²) in [5, 5.41) is 2.36. The van der Waals surface area contributed by atoms with E-state index in [2.05, 4.69) is 219 Å². The molecule has 4 aliphatic heterocycles. The van der Waals surface area contributed by atoms with E-state index in [1.54, 1.807) is 0 Å². The van der Waals surface area contributed by atoms with Crippen LogP contribution in [-0.2, 0) is 16.2 Å². The van der Waals surface area contributed by atoms with E-state index in [4.69, 9.17) is 9.72 Å². The van der Waals surface area contributed by atoms with E-state index >= 15 is 0 Å². The lowest BCUT2D eigenvalue weighted by atomic mass is 9.66. The van der Waals surface area contributed by atoms with Gasteiger partial charge in [0.25, 0.3) is 0 Å². The van der Waals surface area contributed by atoms with Gasteiger partial charge in [-0.15, -0.1) is 0 Å². The number of nitrogens with zero attached hydrogens (tertiary/aromatic N) is 5. The summed E-state index contributed by atoms with van der Waals surface area (Å²) < 4.78 is 9.07. The molecule has 0 saturated heterocycles. The van der Waals surface area contributed by atoms with Gasteiger partial charge in [-0.3, -0.25) is 4.57 Å². The van der Waals surface area contributed by atoms with Gasteiger partial charge in [-0.05, 0) is 112 Å². The fourth-order valence-corrected chi connectivity index (χ4v) is 12.3. The smallest absolute Gasteiger partial charge is 0.137 e. The molecular formula is C58H49N5OS. The average Bonchev–Trinajstić information content (AvgIpc) is 3.85. The number of fused-ring (bicyclic) bond motifs is 4. The molecule has 13 rings (SSSR count). The first-order valence-electron chi connectivity index (χ1n) is 22.7. The molecule has 7 heteroatoms. The first kappa shape index (κ1) is 38.5. The molecule has 6 heterocycles. The molecule has 4 aliphatic rings. The molecule has 0 spiro atoms. The van der Waals surface area contributed by atoms with E-state index in [0.29, 0.717) is 6.67 Å². The Balaban J connectivity index is 0.884. The van der Waals surface area contributed by atoms with Crippen molar-refractivity contribution < 1.29 is 4.74 Å². The van der Waals surface area contributed by atoms with Gasteiger partial charge in [-0.2, -0.15) is 0 Å². The Kier molecular flexibility index (Phi) is 7.88. The molecule has 0 aliphatic carbocycles. The maximum absolute atomic E-state index is 6.80. The molecule has 6 nitrogen and oxygen atoms in total. The van der Waals surface area contributed by atoms with Crippen molar-refractivity contribution in [3.05, 3.63) is 186 Å². The first-order chi connectivity index (χ1) is 31.4. The predicted octanol–water partition coefficient (Wildman–Crippen LogP) is 15.7. The van der Waals surface area contributed by atoms with Gasteiger partial charge in [-0.25, -0.2) is 4.98 Å². The van der Waals surface area contributed by atoms with Crippen LogP contribution in [0.25, 0.3) is 27.6 Å². The van der Waals surface area contributed by atoms with Gasteiger partial charge < -0.3 is 19.4 Å². The van der Waals surface area contributed by atoms with E-state index in [0.717, 1.165) is 34.0 Å². The summed E-state index contributed by atoms with van der Waals surface area (Å²) in [6, 6.07) is 55.5. The Hall–Kier alpha value is -6.96. The molecule has 0 amide bonds. The van der Waals surface area contributed by atoms with Crippen LogP contribution >= 0.6 is 11.8 Å². The topological polar surface area (TPSA) is 36.8 Å². The zero-order valence-electron chi connectivity index (χ0n) is 37.8. The minimum absolute atomic E-state index is 0.00495. The average molecular weight is 864 g/mol. The van der Waals surface area contributed by atoms with Crippen LogP contribution < -0.4 is 19.4 Å². The first-order valence-corrected chi connectivity index (χ1v) is 23.5. The summed E-state index contributed by atoms with van der Waals surface area (Å²) in [5.41, 5.74) is 17.2. The molecular weight excluding hydrogens is 815 g/mol. The number of aromatic nitrogens is 2. The molecule has 0 unspecified atom stereocenters. The number of hydrogen-bond donors (Lipinski definition) is 0. The molecule has 65 heavy (non-hydrogen) atoms. The molecule has 0 fully saturated rings.